The Balaban J connectivity index is 2.65. The number of carbonyl (C=O) groups is 2. The maximum Gasteiger partial charge on any atom is 0.326 e. The number of carboxylic acid groups (broad SMARTS) is 1. The number of amides is 1. The summed E-state index contributed by atoms with van der Waals surface area (Å²) in [6.07, 6.45) is 0. The van der Waals surface area contributed by atoms with Gasteiger partial charge < -0.3 is 10.4 Å². The van der Waals surface area contributed by atoms with Crippen molar-refractivity contribution in [3.05, 3.63) is 29.3 Å². The minimum absolute atomic E-state index is 0.167. The predicted octanol–water partition coefficient (Wildman–Crippen LogP) is 3.05. The molecule has 1 amide bonds. The molecule has 0 heterocycles. The fraction of sp³-hybridized carbons (Fsp3) is 0.429. The highest BCUT2D eigenvalue weighted by molar-refractivity contribution is 8.00. The zero-order valence-electron chi connectivity index (χ0n) is 11.6. The molecule has 1 aromatic carbocycles. The number of hydrogen-bond acceptors (Lipinski definition) is 3. The molecule has 0 saturated heterocycles. The van der Waals surface area contributed by atoms with Gasteiger partial charge in [0.2, 0.25) is 5.91 Å². The van der Waals surface area contributed by atoms with Crippen LogP contribution >= 0.6 is 23.4 Å². The van der Waals surface area contributed by atoms with E-state index in [-0.39, 0.29) is 11.8 Å². The summed E-state index contributed by atoms with van der Waals surface area (Å²) in [4.78, 5) is 24.0. The molecule has 6 heteroatoms. The Kier molecular flexibility index (Phi) is 6.36. The molecule has 0 bridgehead atoms. The van der Waals surface area contributed by atoms with Gasteiger partial charge in [-0.15, -0.1) is 11.8 Å². The zero-order valence-corrected chi connectivity index (χ0v) is 13.2. The number of rotatable bonds is 6. The van der Waals surface area contributed by atoms with E-state index in [1.54, 1.807) is 32.9 Å². The molecule has 2 N–H and O–H groups in total. The van der Waals surface area contributed by atoms with E-state index in [2.05, 4.69) is 5.32 Å². The lowest BCUT2D eigenvalue weighted by molar-refractivity contribution is -0.143. The topological polar surface area (TPSA) is 66.4 Å². The second-order valence-electron chi connectivity index (χ2n) is 4.79. The van der Waals surface area contributed by atoms with E-state index in [0.717, 1.165) is 4.90 Å². The summed E-state index contributed by atoms with van der Waals surface area (Å²) >= 11 is 7.23. The Morgan fingerprint density at radius 3 is 2.45 bits per heavy atom. The zero-order chi connectivity index (χ0) is 15.3. The van der Waals surface area contributed by atoms with E-state index in [0.29, 0.717) is 5.02 Å². The molecule has 1 rings (SSSR count). The summed E-state index contributed by atoms with van der Waals surface area (Å²) in [5, 5.41) is 11.8. The van der Waals surface area contributed by atoms with Gasteiger partial charge in [-0.3, -0.25) is 4.79 Å². The molecule has 2 unspecified atom stereocenters. The van der Waals surface area contributed by atoms with Crippen molar-refractivity contribution in [1.82, 2.24) is 5.32 Å². The fourth-order valence-electron chi connectivity index (χ4n) is 1.58. The first-order valence-corrected chi connectivity index (χ1v) is 7.52. The highest BCUT2D eigenvalue weighted by atomic mass is 35.5. The molecule has 0 spiro atoms. The number of benzene rings is 1. The van der Waals surface area contributed by atoms with Crippen LogP contribution in [-0.2, 0) is 9.59 Å². The molecule has 0 aliphatic rings. The molecule has 0 saturated carbocycles. The average Bonchev–Trinajstić information content (AvgIpc) is 2.34. The third-order valence-corrected chi connectivity index (χ3v) is 4.04. The number of hydrogen-bond donors (Lipinski definition) is 2. The lowest BCUT2D eigenvalue weighted by atomic mass is 10.0. The fourth-order valence-corrected chi connectivity index (χ4v) is 2.77. The van der Waals surface area contributed by atoms with Gasteiger partial charge in [0.25, 0.3) is 0 Å². The van der Waals surface area contributed by atoms with Crippen LogP contribution in [-0.4, -0.2) is 28.3 Å². The van der Waals surface area contributed by atoms with Crippen molar-refractivity contribution < 1.29 is 14.7 Å². The van der Waals surface area contributed by atoms with Crippen LogP contribution in [0.3, 0.4) is 0 Å². The molecule has 0 radical (unpaired) electrons. The molecule has 110 valence electrons. The third-order valence-electron chi connectivity index (χ3n) is 2.71. The van der Waals surface area contributed by atoms with Gasteiger partial charge in [0.1, 0.15) is 6.04 Å². The molecule has 0 aromatic heterocycles. The van der Waals surface area contributed by atoms with E-state index in [4.69, 9.17) is 16.7 Å². The smallest absolute Gasteiger partial charge is 0.326 e. The third kappa shape index (κ3) is 5.06. The Morgan fingerprint density at radius 2 is 1.95 bits per heavy atom. The number of nitrogens with one attached hydrogen (secondary N) is 1. The number of carbonyl (C=O) groups excluding carboxylic acids is 1. The molecular weight excluding hydrogens is 298 g/mol. The molecule has 1 aromatic rings. The maximum atomic E-state index is 12.0. The molecule has 0 aliphatic carbocycles. The highest BCUT2D eigenvalue weighted by Gasteiger charge is 2.26. The second-order valence-corrected chi connectivity index (χ2v) is 6.64. The molecule has 2 atom stereocenters. The van der Waals surface area contributed by atoms with Gasteiger partial charge >= 0.3 is 5.97 Å². The Morgan fingerprint density at radius 1 is 1.30 bits per heavy atom. The van der Waals surface area contributed by atoms with Crippen molar-refractivity contribution in [3.8, 4) is 0 Å². The Bertz CT molecular complexity index is 493. The van der Waals surface area contributed by atoms with Crippen LogP contribution in [0, 0.1) is 5.92 Å². The monoisotopic (exact) mass is 315 g/mol. The van der Waals surface area contributed by atoms with Crippen molar-refractivity contribution >= 4 is 35.2 Å². The van der Waals surface area contributed by atoms with Gasteiger partial charge in [-0.25, -0.2) is 4.79 Å². The summed E-state index contributed by atoms with van der Waals surface area (Å²) < 4.78 is 0. The SMILES string of the molecule is CC(Sc1cccc(Cl)c1)C(=O)NC(C(=O)O)C(C)C. The highest BCUT2D eigenvalue weighted by Crippen LogP contribution is 2.25. The van der Waals surface area contributed by atoms with Gasteiger partial charge in [-0.2, -0.15) is 0 Å². The number of thioether (sulfide) groups is 1. The lowest BCUT2D eigenvalue weighted by Crippen LogP contribution is -2.46. The maximum absolute atomic E-state index is 12.0. The lowest BCUT2D eigenvalue weighted by Gasteiger charge is -2.20. The van der Waals surface area contributed by atoms with Crippen LogP contribution in [0.1, 0.15) is 20.8 Å². The van der Waals surface area contributed by atoms with E-state index in [9.17, 15) is 9.59 Å². The van der Waals surface area contributed by atoms with Crippen LogP contribution in [0.15, 0.2) is 29.2 Å². The number of carboxylic acids is 1. The summed E-state index contributed by atoms with van der Waals surface area (Å²) in [7, 11) is 0. The normalized spacial score (nSPS) is 13.8. The van der Waals surface area contributed by atoms with Crippen molar-refractivity contribution in [2.75, 3.05) is 0 Å². The first kappa shape index (κ1) is 16.9. The number of aliphatic carboxylic acids is 1. The van der Waals surface area contributed by atoms with Crippen molar-refractivity contribution in [2.45, 2.75) is 37.0 Å². The van der Waals surface area contributed by atoms with Crippen molar-refractivity contribution in [1.29, 1.82) is 0 Å². The van der Waals surface area contributed by atoms with Crippen LogP contribution < -0.4 is 5.32 Å². The van der Waals surface area contributed by atoms with E-state index >= 15 is 0 Å². The van der Waals surface area contributed by atoms with Crippen molar-refractivity contribution in [3.63, 3.8) is 0 Å². The van der Waals surface area contributed by atoms with Crippen LogP contribution in [0.2, 0.25) is 5.02 Å². The standard InChI is InChI=1S/C14H18ClNO3S/c1-8(2)12(14(18)19)16-13(17)9(3)20-11-6-4-5-10(15)7-11/h4-9,12H,1-3H3,(H,16,17)(H,18,19). The summed E-state index contributed by atoms with van der Waals surface area (Å²) in [6.45, 7) is 5.25. The van der Waals surface area contributed by atoms with Crippen LogP contribution in [0.5, 0.6) is 0 Å². The Labute approximate surface area is 127 Å². The van der Waals surface area contributed by atoms with E-state index < -0.39 is 17.3 Å². The van der Waals surface area contributed by atoms with Gasteiger partial charge in [0.15, 0.2) is 0 Å². The minimum atomic E-state index is -1.02. The number of halogens is 1. The molecular formula is C14H18ClNO3S. The van der Waals surface area contributed by atoms with Crippen molar-refractivity contribution in [2.24, 2.45) is 5.92 Å². The summed E-state index contributed by atoms with van der Waals surface area (Å²) in [5.41, 5.74) is 0. The van der Waals surface area contributed by atoms with Gasteiger partial charge in [-0.05, 0) is 31.0 Å². The second kappa shape index (κ2) is 7.55. The van der Waals surface area contributed by atoms with Crippen LogP contribution in [0.4, 0.5) is 0 Å². The largest absolute Gasteiger partial charge is 0.480 e. The quantitative estimate of drug-likeness (QED) is 0.792. The van der Waals surface area contributed by atoms with Gasteiger partial charge in [-0.1, -0.05) is 31.5 Å². The summed E-state index contributed by atoms with van der Waals surface area (Å²) in [5.74, 6) is -1.48. The first-order chi connectivity index (χ1) is 9.31. The van der Waals surface area contributed by atoms with Gasteiger partial charge in [0, 0.05) is 9.92 Å². The minimum Gasteiger partial charge on any atom is -0.480 e. The molecule has 20 heavy (non-hydrogen) atoms. The molecule has 4 nitrogen and oxygen atoms in total. The van der Waals surface area contributed by atoms with Crippen LogP contribution in [0.25, 0.3) is 0 Å². The molecule has 0 fully saturated rings. The predicted molar refractivity (Wildman–Crippen MR) is 81.2 cm³/mol. The average molecular weight is 316 g/mol. The first-order valence-electron chi connectivity index (χ1n) is 6.26. The Hall–Kier alpha value is -1.20. The van der Waals surface area contributed by atoms with Gasteiger partial charge in [0.05, 0.1) is 5.25 Å². The van der Waals surface area contributed by atoms with E-state index in [1.165, 1.54) is 11.8 Å². The van der Waals surface area contributed by atoms with E-state index in [1.807, 2.05) is 12.1 Å². The molecule has 0 aliphatic heterocycles. The summed E-state index contributed by atoms with van der Waals surface area (Å²) in [6, 6.07) is 6.33.